The quantitative estimate of drug-likeness (QED) is 0.446. The van der Waals surface area contributed by atoms with Gasteiger partial charge in [0.25, 0.3) is 5.91 Å². The zero-order chi connectivity index (χ0) is 20.9. The molecule has 0 aliphatic rings. The molecule has 1 atom stereocenters. The maximum Gasteiger partial charge on any atom is 0.255 e. The fraction of sp³-hybridized carbons (Fsp3) is 0.364. The molecule has 2 rings (SSSR count). The van der Waals surface area contributed by atoms with Crippen LogP contribution in [0.15, 0.2) is 42.3 Å². The van der Waals surface area contributed by atoms with Gasteiger partial charge in [-0.3, -0.25) is 9.59 Å². The van der Waals surface area contributed by atoms with Gasteiger partial charge >= 0.3 is 0 Å². The van der Waals surface area contributed by atoms with Gasteiger partial charge in [-0.1, -0.05) is 45.1 Å². The lowest BCUT2D eigenvalue weighted by atomic mass is 9.88. The van der Waals surface area contributed by atoms with E-state index in [-0.39, 0.29) is 17.4 Å². The van der Waals surface area contributed by atoms with Crippen LogP contribution in [0, 0.1) is 5.41 Å². The Labute approximate surface area is 165 Å². The first kappa shape index (κ1) is 21.3. The Kier molecular flexibility index (Phi) is 6.67. The van der Waals surface area contributed by atoms with Crippen molar-refractivity contribution < 1.29 is 9.59 Å². The van der Waals surface area contributed by atoms with Gasteiger partial charge in [0.15, 0.2) is 5.65 Å². The van der Waals surface area contributed by atoms with Gasteiger partial charge in [0.1, 0.15) is 11.8 Å². The van der Waals surface area contributed by atoms with Crippen LogP contribution in [0.3, 0.4) is 0 Å². The highest BCUT2D eigenvalue weighted by atomic mass is 16.1. The summed E-state index contributed by atoms with van der Waals surface area (Å²) >= 11 is 0. The van der Waals surface area contributed by atoms with Crippen molar-refractivity contribution in [3.8, 4) is 0 Å². The average Bonchev–Trinajstić information content (AvgIpc) is 3.07. The Hall–Kier alpha value is -3.02. The van der Waals surface area contributed by atoms with E-state index in [1.54, 1.807) is 25.4 Å². The fourth-order valence-electron chi connectivity index (χ4n) is 2.36. The van der Waals surface area contributed by atoms with Gasteiger partial charge in [-0.2, -0.15) is 0 Å². The molecule has 0 radical (unpaired) electrons. The lowest BCUT2D eigenvalue weighted by Gasteiger charge is -2.27. The highest BCUT2D eigenvalue weighted by Crippen LogP contribution is 2.22. The molecule has 2 N–H and O–H groups in total. The summed E-state index contributed by atoms with van der Waals surface area (Å²) in [6, 6.07) is -0.00368. The third-order valence-electron chi connectivity index (χ3n) is 4.63. The maximum absolute atomic E-state index is 12.8. The van der Waals surface area contributed by atoms with Crippen LogP contribution in [0.1, 0.15) is 57.6 Å². The van der Waals surface area contributed by atoms with Crippen LogP contribution in [-0.2, 0) is 4.79 Å². The standard InChI is InChI=1S/C22H28N4O2/c1-7-8-16(10-9-14(2)13-27)18-12-24-20-19(26-18)17(11-23-20)21(28)25-15(3)22(4,5)6/h7-13,15H,1-6H3,(H,23,24)(H,25,28)/b8-7+,14-9+,16-10+. The number of aldehydes is 1. The topological polar surface area (TPSA) is 87.7 Å². The largest absolute Gasteiger partial charge is 0.349 e. The molecule has 0 saturated carbocycles. The first-order valence-corrected chi connectivity index (χ1v) is 9.29. The smallest absolute Gasteiger partial charge is 0.255 e. The molecule has 0 aliphatic carbocycles. The van der Waals surface area contributed by atoms with E-state index >= 15 is 0 Å². The van der Waals surface area contributed by atoms with Crippen LogP contribution in [0.5, 0.6) is 0 Å². The number of fused-ring (bicyclic) bond motifs is 1. The highest BCUT2D eigenvalue weighted by molar-refractivity contribution is 6.04. The van der Waals surface area contributed by atoms with Gasteiger partial charge in [-0.25, -0.2) is 9.97 Å². The molecule has 0 saturated heterocycles. The van der Waals surface area contributed by atoms with Gasteiger partial charge in [-0.05, 0) is 31.8 Å². The third kappa shape index (κ3) is 5.03. The molecule has 148 valence electrons. The van der Waals surface area contributed by atoms with Crippen molar-refractivity contribution in [1.29, 1.82) is 0 Å². The van der Waals surface area contributed by atoms with Crippen LogP contribution < -0.4 is 5.32 Å². The summed E-state index contributed by atoms with van der Waals surface area (Å²) in [4.78, 5) is 35.7. The fourth-order valence-corrected chi connectivity index (χ4v) is 2.36. The molecule has 0 spiro atoms. The number of hydrogen-bond donors (Lipinski definition) is 2. The van der Waals surface area contributed by atoms with Crippen LogP contribution >= 0.6 is 0 Å². The van der Waals surface area contributed by atoms with E-state index in [2.05, 4.69) is 41.0 Å². The van der Waals surface area contributed by atoms with Gasteiger partial charge in [0, 0.05) is 17.8 Å². The molecule has 6 nitrogen and oxygen atoms in total. The highest BCUT2D eigenvalue weighted by Gasteiger charge is 2.24. The van der Waals surface area contributed by atoms with Crippen molar-refractivity contribution in [2.45, 2.75) is 47.6 Å². The van der Waals surface area contributed by atoms with Crippen molar-refractivity contribution in [3.63, 3.8) is 0 Å². The number of rotatable bonds is 6. The molecule has 0 fully saturated rings. The van der Waals surface area contributed by atoms with E-state index in [1.165, 1.54) is 0 Å². The van der Waals surface area contributed by atoms with Gasteiger partial charge in [0.05, 0.1) is 17.5 Å². The lowest BCUT2D eigenvalue weighted by Crippen LogP contribution is -2.41. The molecule has 0 bridgehead atoms. The Morgan fingerprint density at radius 1 is 1.29 bits per heavy atom. The summed E-state index contributed by atoms with van der Waals surface area (Å²) in [5.74, 6) is -0.187. The first-order valence-electron chi connectivity index (χ1n) is 9.29. The monoisotopic (exact) mass is 380 g/mol. The van der Waals surface area contributed by atoms with E-state index in [0.717, 1.165) is 11.9 Å². The Balaban J connectivity index is 2.45. The van der Waals surface area contributed by atoms with E-state index in [1.807, 2.05) is 32.1 Å². The van der Waals surface area contributed by atoms with Crippen LogP contribution in [-0.4, -0.2) is 33.2 Å². The number of carbonyl (C=O) groups excluding carboxylic acids is 2. The molecule has 2 aromatic heterocycles. The van der Waals surface area contributed by atoms with E-state index in [9.17, 15) is 9.59 Å². The predicted octanol–water partition coefficient (Wildman–Crippen LogP) is 4.23. The van der Waals surface area contributed by atoms with Crippen molar-refractivity contribution in [1.82, 2.24) is 20.3 Å². The second-order valence-electron chi connectivity index (χ2n) is 7.87. The van der Waals surface area contributed by atoms with E-state index in [4.69, 9.17) is 0 Å². The number of carbonyl (C=O) groups is 2. The molecule has 2 heterocycles. The van der Waals surface area contributed by atoms with Crippen LogP contribution in [0.4, 0.5) is 0 Å². The van der Waals surface area contributed by atoms with Gasteiger partial charge in [0.2, 0.25) is 0 Å². The number of H-pyrrole nitrogens is 1. The van der Waals surface area contributed by atoms with E-state index < -0.39 is 0 Å². The second kappa shape index (κ2) is 8.78. The molecular weight excluding hydrogens is 352 g/mol. The minimum absolute atomic E-state index is 0.00368. The molecule has 0 aliphatic heterocycles. The molecule has 0 aromatic carbocycles. The maximum atomic E-state index is 12.8. The van der Waals surface area contributed by atoms with Crippen molar-refractivity contribution in [2.24, 2.45) is 5.41 Å². The summed E-state index contributed by atoms with van der Waals surface area (Å²) in [6.07, 6.45) is 11.4. The van der Waals surface area contributed by atoms with Crippen molar-refractivity contribution in [2.75, 3.05) is 0 Å². The molecule has 2 aromatic rings. The molecule has 1 amide bonds. The van der Waals surface area contributed by atoms with Crippen molar-refractivity contribution in [3.05, 3.63) is 53.5 Å². The number of nitrogens with zero attached hydrogens (tertiary/aromatic N) is 2. The Morgan fingerprint density at radius 2 is 2.00 bits per heavy atom. The number of allylic oxidation sites excluding steroid dienone is 6. The molecular formula is C22H28N4O2. The lowest BCUT2D eigenvalue weighted by molar-refractivity contribution is -0.104. The predicted molar refractivity (Wildman–Crippen MR) is 113 cm³/mol. The minimum atomic E-state index is -0.187. The zero-order valence-electron chi connectivity index (χ0n) is 17.3. The van der Waals surface area contributed by atoms with Crippen LogP contribution in [0.2, 0.25) is 0 Å². The van der Waals surface area contributed by atoms with Gasteiger partial charge < -0.3 is 10.3 Å². The number of aromatic amines is 1. The van der Waals surface area contributed by atoms with Crippen molar-refractivity contribution >= 4 is 28.9 Å². The first-order chi connectivity index (χ1) is 13.2. The normalized spacial score (nSPS) is 14.5. The third-order valence-corrected chi connectivity index (χ3v) is 4.63. The number of nitrogens with one attached hydrogen (secondary N) is 2. The molecule has 28 heavy (non-hydrogen) atoms. The Morgan fingerprint density at radius 3 is 2.61 bits per heavy atom. The number of amides is 1. The second-order valence-corrected chi connectivity index (χ2v) is 7.87. The minimum Gasteiger partial charge on any atom is -0.349 e. The zero-order valence-corrected chi connectivity index (χ0v) is 17.3. The Bertz CT molecular complexity index is 959. The summed E-state index contributed by atoms with van der Waals surface area (Å²) in [5.41, 5.74) is 3.50. The summed E-state index contributed by atoms with van der Waals surface area (Å²) in [5, 5.41) is 3.03. The summed E-state index contributed by atoms with van der Waals surface area (Å²) < 4.78 is 0. The average molecular weight is 380 g/mol. The summed E-state index contributed by atoms with van der Waals surface area (Å²) in [7, 11) is 0. The number of hydrogen-bond acceptors (Lipinski definition) is 4. The summed E-state index contributed by atoms with van der Waals surface area (Å²) in [6.45, 7) is 11.9. The van der Waals surface area contributed by atoms with Crippen LogP contribution in [0.25, 0.3) is 16.7 Å². The van der Waals surface area contributed by atoms with Gasteiger partial charge in [-0.15, -0.1) is 0 Å². The SMILES string of the molecule is C/C=C/C(=C\C=C(/C)C=O)c1cnc2[nH]cc(C(=O)NC(C)C(C)(C)C)c2n1. The molecule has 1 unspecified atom stereocenters. The molecule has 6 heteroatoms. The number of aromatic nitrogens is 3. The van der Waals surface area contributed by atoms with E-state index in [0.29, 0.717) is 28.0 Å².